The van der Waals surface area contributed by atoms with Gasteiger partial charge in [-0.2, -0.15) is 0 Å². The molecule has 0 radical (unpaired) electrons. The molecule has 168 valence electrons. The largest absolute Gasteiger partial charge is 0.507 e. The smallest absolute Gasteiger partial charge is 0.300 e. The van der Waals surface area contributed by atoms with Crippen LogP contribution in [0, 0.1) is 6.92 Å². The molecule has 0 spiro atoms. The second kappa shape index (κ2) is 8.96. The van der Waals surface area contributed by atoms with E-state index < -0.39 is 23.5 Å². The van der Waals surface area contributed by atoms with Crippen LogP contribution in [0.5, 0.6) is 11.5 Å². The lowest BCUT2D eigenvalue weighted by Crippen LogP contribution is -2.30. The van der Waals surface area contributed by atoms with Gasteiger partial charge in [-0.25, -0.2) is 0 Å². The molecule has 1 unspecified atom stereocenters. The topological polar surface area (TPSA) is 89.0 Å². The number of amides is 1. The number of anilines is 1. The quantitative estimate of drug-likeness (QED) is 0.335. The van der Waals surface area contributed by atoms with Crippen LogP contribution in [0.4, 0.5) is 5.69 Å². The average Bonchev–Trinajstić information content (AvgIpc) is 3.09. The highest BCUT2D eigenvalue weighted by atomic mass is 35.5. The molecule has 1 aliphatic heterocycles. The number of halogens is 1. The van der Waals surface area contributed by atoms with E-state index in [4.69, 9.17) is 21.1 Å². The van der Waals surface area contributed by atoms with Gasteiger partial charge in [-0.3, -0.25) is 19.5 Å². The maximum atomic E-state index is 13.3. The molecule has 2 heterocycles. The highest BCUT2D eigenvalue weighted by molar-refractivity contribution is 6.51. The van der Waals surface area contributed by atoms with E-state index in [1.807, 2.05) is 19.1 Å². The van der Waals surface area contributed by atoms with Gasteiger partial charge < -0.3 is 14.6 Å². The number of hydrogen-bond acceptors (Lipinski definition) is 6. The van der Waals surface area contributed by atoms with Crippen molar-refractivity contribution < 1.29 is 24.2 Å². The minimum atomic E-state index is -0.898. The molecular weight excluding hydrogens is 444 g/mol. The van der Waals surface area contributed by atoms with Crippen molar-refractivity contribution in [3.05, 3.63) is 88.2 Å². The fourth-order valence-electron chi connectivity index (χ4n) is 3.96. The summed E-state index contributed by atoms with van der Waals surface area (Å²) in [5, 5.41) is 11.6. The molecule has 2 aromatic carbocycles. The Hall–Kier alpha value is -3.84. The van der Waals surface area contributed by atoms with Gasteiger partial charge in [-0.1, -0.05) is 35.9 Å². The maximum Gasteiger partial charge on any atom is 0.300 e. The van der Waals surface area contributed by atoms with Crippen LogP contribution >= 0.6 is 11.6 Å². The number of aromatic nitrogens is 1. The number of pyridine rings is 1. The summed E-state index contributed by atoms with van der Waals surface area (Å²) in [5.74, 6) is -1.40. The molecule has 7 nitrogen and oxygen atoms in total. The summed E-state index contributed by atoms with van der Waals surface area (Å²) in [4.78, 5) is 32.1. The second-order valence-corrected chi connectivity index (χ2v) is 7.84. The molecule has 8 heteroatoms. The van der Waals surface area contributed by atoms with Gasteiger partial charge in [0.1, 0.15) is 17.3 Å². The number of para-hydroxylation sites is 1. The molecule has 1 saturated heterocycles. The summed E-state index contributed by atoms with van der Waals surface area (Å²) in [5.41, 5.74) is 2.02. The molecule has 1 aromatic heterocycles. The number of benzene rings is 2. The molecule has 0 aliphatic carbocycles. The molecule has 1 N–H and O–H groups in total. The van der Waals surface area contributed by atoms with Gasteiger partial charge in [-0.05, 0) is 36.2 Å². The van der Waals surface area contributed by atoms with Crippen LogP contribution < -0.4 is 14.4 Å². The van der Waals surface area contributed by atoms with E-state index >= 15 is 0 Å². The summed E-state index contributed by atoms with van der Waals surface area (Å²) < 4.78 is 10.6. The number of aryl methyl sites for hydroxylation is 1. The Morgan fingerprint density at radius 1 is 1.06 bits per heavy atom. The van der Waals surface area contributed by atoms with Gasteiger partial charge >= 0.3 is 0 Å². The standard InChI is InChI=1S/C25H21ClN2O5/c1-14-7-4-5-9-18(14)28-22(15-8-6-10-27-13-15)21(24(30)25(28)31)23(29)16-11-17(26)20(33-3)12-19(16)32-2/h4-13,22,29H,1-3H3/b23-21+. The summed E-state index contributed by atoms with van der Waals surface area (Å²) in [7, 11) is 2.88. The number of aliphatic hydroxyl groups excluding tert-OH is 1. The summed E-state index contributed by atoms with van der Waals surface area (Å²) in [6.45, 7) is 1.85. The van der Waals surface area contributed by atoms with Crippen LogP contribution in [-0.2, 0) is 9.59 Å². The zero-order valence-electron chi connectivity index (χ0n) is 18.2. The van der Waals surface area contributed by atoms with Crippen molar-refractivity contribution in [3.63, 3.8) is 0 Å². The minimum Gasteiger partial charge on any atom is -0.507 e. The lowest BCUT2D eigenvalue weighted by molar-refractivity contribution is -0.132. The third kappa shape index (κ3) is 3.81. The molecule has 1 amide bonds. The number of nitrogens with zero attached hydrogens (tertiary/aromatic N) is 2. The normalized spacial score (nSPS) is 17.3. The fraction of sp³-hybridized carbons (Fsp3) is 0.160. The zero-order chi connectivity index (χ0) is 23.7. The van der Waals surface area contributed by atoms with Crippen LogP contribution in [0.1, 0.15) is 22.7 Å². The first-order chi connectivity index (χ1) is 15.9. The lowest BCUT2D eigenvalue weighted by atomic mass is 9.95. The van der Waals surface area contributed by atoms with Gasteiger partial charge in [0.25, 0.3) is 11.7 Å². The van der Waals surface area contributed by atoms with E-state index in [0.717, 1.165) is 5.56 Å². The van der Waals surface area contributed by atoms with E-state index in [0.29, 0.717) is 17.0 Å². The van der Waals surface area contributed by atoms with Gasteiger partial charge in [0, 0.05) is 24.1 Å². The van der Waals surface area contributed by atoms with E-state index in [1.165, 1.54) is 31.3 Å². The molecular formula is C25H21ClN2O5. The molecule has 1 fully saturated rings. The SMILES string of the molecule is COc1cc(OC)c(/C(O)=C2\C(=O)C(=O)N(c3ccccc3C)C2c2cccnc2)cc1Cl. The van der Waals surface area contributed by atoms with Crippen molar-refractivity contribution in [3.8, 4) is 11.5 Å². The molecule has 1 atom stereocenters. The number of carbonyl (C=O) groups is 2. The molecule has 3 aromatic rings. The van der Waals surface area contributed by atoms with Gasteiger partial charge in [0.2, 0.25) is 0 Å². The van der Waals surface area contributed by atoms with Crippen LogP contribution in [0.15, 0.2) is 66.5 Å². The number of ether oxygens (including phenoxy) is 2. The molecule has 4 rings (SSSR count). The second-order valence-electron chi connectivity index (χ2n) is 7.43. The zero-order valence-corrected chi connectivity index (χ0v) is 19.0. The fourth-order valence-corrected chi connectivity index (χ4v) is 4.20. The Balaban J connectivity index is 2.00. The monoisotopic (exact) mass is 464 g/mol. The Kier molecular flexibility index (Phi) is 6.07. The average molecular weight is 465 g/mol. The summed E-state index contributed by atoms with van der Waals surface area (Å²) in [6, 6.07) is 12.7. The third-order valence-electron chi connectivity index (χ3n) is 5.55. The number of methoxy groups -OCH3 is 2. The Morgan fingerprint density at radius 2 is 1.79 bits per heavy atom. The Labute approximate surface area is 195 Å². The van der Waals surface area contributed by atoms with Crippen LogP contribution in [0.3, 0.4) is 0 Å². The van der Waals surface area contributed by atoms with Gasteiger partial charge in [-0.15, -0.1) is 0 Å². The number of rotatable bonds is 5. The van der Waals surface area contributed by atoms with Crippen molar-refractivity contribution in [2.45, 2.75) is 13.0 Å². The Morgan fingerprint density at radius 3 is 2.42 bits per heavy atom. The molecule has 1 aliphatic rings. The highest BCUT2D eigenvalue weighted by Gasteiger charge is 2.47. The maximum absolute atomic E-state index is 13.3. The number of aliphatic hydroxyl groups is 1. The van der Waals surface area contributed by atoms with Crippen LogP contribution in [0.25, 0.3) is 5.76 Å². The molecule has 0 bridgehead atoms. The lowest BCUT2D eigenvalue weighted by Gasteiger charge is -2.26. The molecule has 0 saturated carbocycles. The first kappa shape index (κ1) is 22.4. The summed E-state index contributed by atoms with van der Waals surface area (Å²) >= 11 is 6.29. The predicted molar refractivity (Wildman–Crippen MR) is 125 cm³/mol. The van der Waals surface area contributed by atoms with Crippen LogP contribution in [-0.4, -0.2) is 36.0 Å². The van der Waals surface area contributed by atoms with E-state index in [-0.39, 0.29) is 21.9 Å². The van der Waals surface area contributed by atoms with E-state index in [1.54, 1.807) is 36.7 Å². The number of hydrogen-bond donors (Lipinski definition) is 1. The minimum absolute atomic E-state index is 0.0872. The van der Waals surface area contributed by atoms with Crippen molar-refractivity contribution in [1.82, 2.24) is 4.98 Å². The molecule has 33 heavy (non-hydrogen) atoms. The van der Waals surface area contributed by atoms with Gasteiger partial charge in [0.15, 0.2) is 0 Å². The number of Topliss-reactive ketones (excluding diaryl/α,β-unsaturated/α-hetero) is 1. The number of ketones is 1. The highest BCUT2D eigenvalue weighted by Crippen LogP contribution is 2.45. The van der Waals surface area contributed by atoms with Crippen LogP contribution in [0.2, 0.25) is 5.02 Å². The number of carbonyl (C=O) groups excluding carboxylic acids is 2. The van der Waals surface area contributed by atoms with Crippen molar-refractivity contribution >= 4 is 34.7 Å². The predicted octanol–water partition coefficient (Wildman–Crippen LogP) is 4.69. The third-order valence-corrected chi connectivity index (χ3v) is 5.84. The first-order valence-corrected chi connectivity index (χ1v) is 10.4. The first-order valence-electron chi connectivity index (χ1n) is 10.1. The van der Waals surface area contributed by atoms with Gasteiger partial charge in [0.05, 0.1) is 36.4 Å². The van der Waals surface area contributed by atoms with Crippen molar-refractivity contribution in [2.24, 2.45) is 0 Å². The van der Waals surface area contributed by atoms with E-state index in [2.05, 4.69) is 4.98 Å². The van der Waals surface area contributed by atoms with Crippen molar-refractivity contribution in [1.29, 1.82) is 0 Å². The van der Waals surface area contributed by atoms with Crippen molar-refractivity contribution in [2.75, 3.05) is 19.1 Å². The summed E-state index contributed by atoms with van der Waals surface area (Å²) in [6.07, 6.45) is 3.16. The van der Waals surface area contributed by atoms with E-state index in [9.17, 15) is 14.7 Å². The Bertz CT molecular complexity index is 1270.